The predicted molar refractivity (Wildman–Crippen MR) is 159 cm³/mol. The van der Waals surface area contributed by atoms with E-state index >= 15 is 0 Å². The third-order valence-corrected chi connectivity index (χ3v) is 7.91. The lowest BCUT2D eigenvalue weighted by Gasteiger charge is -2.42. The first-order valence-electron chi connectivity index (χ1n) is 12.4. The van der Waals surface area contributed by atoms with Crippen molar-refractivity contribution in [1.29, 1.82) is 0 Å². The van der Waals surface area contributed by atoms with Gasteiger partial charge in [0.15, 0.2) is 16.9 Å². The molecule has 4 amide bonds. The van der Waals surface area contributed by atoms with Gasteiger partial charge in [-0.25, -0.2) is 23.0 Å². The Hall–Kier alpha value is -4.62. The minimum Gasteiger partial charge on any atom is -0.458 e. The van der Waals surface area contributed by atoms with Crippen molar-refractivity contribution in [2.24, 2.45) is 5.16 Å². The quantitative estimate of drug-likeness (QED) is 0.0232. The summed E-state index contributed by atoms with van der Waals surface area (Å²) < 4.78 is 58.4. The van der Waals surface area contributed by atoms with E-state index in [9.17, 15) is 51.3 Å². The van der Waals surface area contributed by atoms with Crippen molar-refractivity contribution in [2.45, 2.75) is 38.1 Å². The number of β-lactam (4-membered cyclic amide) rings is 1. The number of oxime groups is 1. The molecule has 254 valence electrons. The van der Waals surface area contributed by atoms with Crippen LogP contribution in [0.5, 0.6) is 0 Å². The van der Waals surface area contributed by atoms with Gasteiger partial charge in [0.05, 0.1) is 4.92 Å². The molecule has 47 heavy (non-hydrogen) atoms. The number of thiazole rings is 1. The van der Waals surface area contributed by atoms with E-state index in [-0.39, 0.29) is 27.4 Å². The van der Waals surface area contributed by atoms with E-state index in [1.807, 2.05) is 5.32 Å². The fourth-order valence-corrected chi connectivity index (χ4v) is 5.30. The molecule has 2 aromatic rings. The highest BCUT2D eigenvalue weighted by Crippen LogP contribution is 2.24. The molecule has 5 N–H and O–H groups in total. The third-order valence-electron chi connectivity index (χ3n) is 5.71. The van der Waals surface area contributed by atoms with Gasteiger partial charge in [0.25, 0.3) is 34.7 Å². The van der Waals surface area contributed by atoms with E-state index < -0.39 is 85.4 Å². The number of hydrogen-bond acceptors (Lipinski definition) is 15. The maximum Gasteiger partial charge on any atom is 0.359 e. The van der Waals surface area contributed by atoms with Gasteiger partial charge < -0.3 is 20.2 Å². The van der Waals surface area contributed by atoms with E-state index in [2.05, 4.69) is 15.5 Å². The predicted octanol–water partition coefficient (Wildman–Crippen LogP) is -0.777. The van der Waals surface area contributed by atoms with Crippen LogP contribution in [-0.2, 0) is 61.7 Å². The van der Waals surface area contributed by atoms with Gasteiger partial charge in [-0.1, -0.05) is 5.16 Å². The molecule has 1 aromatic heterocycles. The van der Waals surface area contributed by atoms with Gasteiger partial charge in [-0.2, -0.15) is 8.42 Å². The van der Waals surface area contributed by atoms with Crippen LogP contribution in [-0.4, -0.2) is 94.8 Å². The van der Waals surface area contributed by atoms with E-state index in [0.29, 0.717) is 5.56 Å². The zero-order chi connectivity index (χ0) is 35.3. The summed E-state index contributed by atoms with van der Waals surface area (Å²) in [5.74, 6) is -6.47. The number of non-ortho nitro benzene ring substituents is 1. The Labute approximate surface area is 275 Å². The molecule has 3 unspecified atom stereocenters. The third kappa shape index (κ3) is 9.46. The Morgan fingerprint density at radius 2 is 1.89 bits per heavy atom. The van der Waals surface area contributed by atoms with Gasteiger partial charge in [0.1, 0.15) is 24.2 Å². The molecule has 1 aliphatic heterocycles. The molecule has 0 spiro atoms. The number of amides is 4. The number of benzene rings is 1. The zero-order valence-corrected chi connectivity index (χ0v) is 26.8. The molecule has 1 aromatic carbocycles. The van der Waals surface area contributed by atoms with Crippen LogP contribution in [0.15, 0.2) is 34.8 Å². The van der Waals surface area contributed by atoms with Crippen LogP contribution in [0.4, 0.5) is 10.8 Å². The van der Waals surface area contributed by atoms with Crippen molar-refractivity contribution in [1.82, 2.24) is 19.3 Å². The number of alkyl halides is 1. The lowest BCUT2D eigenvalue weighted by atomic mass is 9.98. The maximum absolute atomic E-state index is 13.3. The number of ether oxygens (including phenoxy) is 1. The molecular weight excluding hydrogens is 718 g/mol. The van der Waals surface area contributed by atoms with Crippen LogP contribution in [0.25, 0.3) is 0 Å². The SMILES string of the molecule is CC(C)(ON=C(C(=O)NC1C(=O)N(S(=O)O)C1C(=O)NS(=O)(=O)O)c1csc(NC(=O)CCl)n1)C(=O)OCc1ccc([N+](=O)[O-])cc1. The summed E-state index contributed by atoms with van der Waals surface area (Å²) >= 11 is 3.09. The molecule has 25 heteroatoms. The average Bonchev–Trinajstić information content (AvgIpc) is 3.43. The van der Waals surface area contributed by atoms with Crippen LogP contribution < -0.4 is 15.4 Å². The number of rotatable bonds is 14. The molecule has 0 bridgehead atoms. The van der Waals surface area contributed by atoms with Gasteiger partial charge in [-0.05, 0) is 31.5 Å². The summed E-state index contributed by atoms with van der Waals surface area (Å²) in [6, 6.07) is 1.00. The highest BCUT2D eigenvalue weighted by molar-refractivity contribution is 7.84. The van der Waals surface area contributed by atoms with Crippen LogP contribution >= 0.6 is 22.9 Å². The van der Waals surface area contributed by atoms with E-state index in [4.69, 9.17) is 25.7 Å². The average molecular weight is 740 g/mol. The van der Waals surface area contributed by atoms with Crippen molar-refractivity contribution in [2.75, 3.05) is 11.2 Å². The van der Waals surface area contributed by atoms with Crippen molar-refractivity contribution >= 4 is 90.6 Å². The first kappa shape index (κ1) is 36.8. The second kappa shape index (κ2) is 14.9. The molecule has 21 nitrogen and oxygen atoms in total. The topological polar surface area (TPSA) is 303 Å². The fraction of sp³-hybridized carbons (Fsp3) is 0.318. The number of nitro groups is 1. The number of esters is 1. The number of anilines is 1. The second-order valence-corrected chi connectivity index (χ2v) is 12.6. The summed E-state index contributed by atoms with van der Waals surface area (Å²) in [6.07, 6.45) is 0. The van der Waals surface area contributed by atoms with Gasteiger partial charge in [0, 0.05) is 17.5 Å². The summed E-state index contributed by atoms with van der Waals surface area (Å²) in [5, 5.41) is 19.9. The summed E-state index contributed by atoms with van der Waals surface area (Å²) in [5.41, 5.74) is -2.82. The van der Waals surface area contributed by atoms with Crippen LogP contribution in [0.1, 0.15) is 25.1 Å². The Kier molecular flexibility index (Phi) is 11.7. The Morgan fingerprint density at radius 1 is 1.26 bits per heavy atom. The maximum atomic E-state index is 13.3. The minimum atomic E-state index is -5.19. The van der Waals surface area contributed by atoms with Crippen LogP contribution in [0.3, 0.4) is 0 Å². The molecule has 3 atom stereocenters. The molecular formula is C22H22ClN7O14S3. The summed E-state index contributed by atoms with van der Waals surface area (Å²) in [4.78, 5) is 82.2. The molecule has 1 fully saturated rings. The van der Waals surface area contributed by atoms with Gasteiger partial charge in [-0.3, -0.25) is 38.4 Å². The number of carbonyl (C=O) groups is 5. The first-order chi connectivity index (χ1) is 21.8. The Bertz CT molecular complexity index is 1760. The van der Waals surface area contributed by atoms with Crippen LogP contribution in [0, 0.1) is 10.1 Å². The molecule has 1 aliphatic rings. The number of nitrogens with one attached hydrogen (secondary N) is 3. The molecule has 0 saturated carbocycles. The lowest BCUT2D eigenvalue weighted by molar-refractivity contribution is -0.384. The Balaban J connectivity index is 1.86. The van der Waals surface area contributed by atoms with Gasteiger partial charge >= 0.3 is 16.3 Å². The monoisotopic (exact) mass is 739 g/mol. The van der Waals surface area contributed by atoms with Gasteiger partial charge in [-0.15, -0.1) is 22.9 Å². The normalized spacial score (nSPS) is 17.2. The largest absolute Gasteiger partial charge is 0.458 e. The smallest absolute Gasteiger partial charge is 0.359 e. The molecule has 3 rings (SSSR count). The zero-order valence-electron chi connectivity index (χ0n) is 23.6. The number of nitro benzene ring substituents is 1. The number of aromatic nitrogens is 1. The van der Waals surface area contributed by atoms with Crippen molar-refractivity contribution in [3.63, 3.8) is 0 Å². The second-order valence-electron chi connectivity index (χ2n) is 9.49. The van der Waals surface area contributed by atoms with Crippen molar-refractivity contribution in [3.8, 4) is 0 Å². The van der Waals surface area contributed by atoms with Gasteiger partial charge in [0.2, 0.25) is 11.5 Å². The first-order valence-corrected chi connectivity index (χ1v) is 16.3. The molecule has 1 saturated heterocycles. The molecule has 2 heterocycles. The highest BCUT2D eigenvalue weighted by atomic mass is 35.5. The van der Waals surface area contributed by atoms with E-state index in [0.717, 1.165) is 16.1 Å². The van der Waals surface area contributed by atoms with Crippen LogP contribution in [0.2, 0.25) is 0 Å². The number of carbonyl (C=O) groups excluding carboxylic acids is 5. The number of hydrogen-bond donors (Lipinski definition) is 5. The number of halogens is 1. The molecule has 0 aliphatic carbocycles. The standard InChI is InChI=1S/C22H22ClN7O14S3/c1-22(2,20(35)43-8-10-3-5-11(6-4-10)30(36)37)44-27-14(12-9-45-21(24-12)25-13(31)7-23)17(32)26-15-16(18(33)28-47(40,41)42)29(19(15)34)46(38)39/h3-6,9,15-16H,7-8H2,1-2H3,(H,26,32)(H,28,33)(H,38,39)(H,24,25,31)(H,40,41,42). The van der Waals surface area contributed by atoms with Crippen molar-refractivity contribution < 1.29 is 60.2 Å². The lowest BCUT2D eigenvalue weighted by Crippen LogP contribution is -2.75. The minimum absolute atomic E-state index is 0.00542. The summed E-state index contributed by atoms with van der Waals surface area (Å²) in [6.45, 7) is 2.05. The number of nitrogens with zero attached hydrogens (tertiary/aromatic N) is 4. The van der Waals surface area contributed by atoms with E-state index in [1.165, 1.54) is 43.5 Å². The fourth-order valence-electron chi connectivity index (χ4n) is 3.46. The molecule has 0 radical (unpaired) electrons. The Morgan fingerprint density at radius 3 is 2.45 bits per heavy atom. The van der Waals surface area contributed by atoms with Crippen molar-refractivity contribution in [3.05, 3.63) is 51.0 Å². The van der Waals surface area contributed by atoms with E-state index in [1.54, 1.807) is 0 Å². The summed E-state index contributed by atoms with van der Waals surface area (Å²) in [7, 11) is -5.19. The highest BCUT2D eigenvalue weighted by Gasteiger charge is 2.56.